The highest BCUT2D eigenvalue weighted by molar-refractivity contribution is 5.88. The predicted molar refractivity (Wildman–Crippen MR) is 77.0 cm³/mol. The van der Waals surface area contributed by atoms with Gasteiger partial charge in [0.15, 0.2) is 0 Å². The molecule has 2 rings (SSSR count). The zero-order valence-electron chi connectivity index (χ0n) is 12.2. The number of halogens is 1. The van der Waals surface area contributed by atoms with Crippen molar-refractivity contribution in [3.63, 3.8) is 0 Å². The fraction of sp³-hybridized carbons (Fsp3) is 0.467. The highest BCUT2D eigenvalue weighted by atomic mass is 19.1. The number of benzene rings is 1. The summed E-state index contributed by atoms with van der Waals surface area (Å²) < 4.78 is 13.9. The van der Waals surface area contributed by atoms with Crippen molar-refractivity contribution in [2.75, 3.05) is 20.6 Å². The molecule has 1 aliphatic carbocycles. The molecule has 2 N–H and O–H groups in total. The summed E-state index contributed by atoms with van der Waals surface area (Å²) in [6, 6.07) is 5.64. The molecule has 2 amide bonds. The Morgan fingerprint density at radius 1 is 1.33 bits per heavy atom. The van der Waals surface area contributed by atoms with Crippen molar-refractivity contribution in [3.8, 4) is 0 Å². The number of rotatable bonds is 6. The summed E-state index contributed by atoms with van der Waals surface area (Å²) in [7, 11) is 3.39. The molecule has 0 spiro atoms. The Labute approximate surface area is 123 Å². The standard InChI is InChI=1S/C15H20FN3O2/c1-19(2)14(11-5-3-4-6-12(11)16)15(21)17-9-13(20)18-10-7-8-10/h3-6,10,14H,7-9H2,1-2H3,(H,17,21)(H,18,20)/t14-/m1/s1. The highest BCUT2D eigenvalue weighted by Gasteiger charge is 2.27. The van der Waals surface area contributed by atoms with E-state index in [1.807, 2.05) is 0 Å². The Balaban J connectivity index is 1.99. The molecular formula is C15H20FN3O2. The molecular weight excluding hydrogens is 273 g/mol. The number of hydrogen-bond acceptors (Lipinski definition) is 3. The molecule has 21 heavy (non-hydrogen) atoms. The Morgan fingerprint density at radius 3 is 2.57 bits per heavy atom. The minimum atomic E-state index is -0.764. The minimum Gasteiger partial charge on any atom is -0.352 e. The van der Waals surface area contributed by atoms with Gasteiger partial charge in [-0.3, -0.25) is 14.5 Å². The fourth-order valence-electron chi connectivity index (χ4n) is 2.12. The molecule has 0 saturated heterocycles. The first kappa shape index (κ1) is 15.4. The van der Waals surface area contributed by atoms with Crippen molar-refractivity contribution >= 4 is 11.8 Å². The van der Waals surface area contributed by atoms with Crippen LogP contribution in [0.4, 0.5) is 4.39 Å². The zero-order valence-corrected chi connectivity index (χ0v) is 12.2. The van der Waals surface area contributed by atoms with E-state index in [-0.39, 0.29) is 18.5 Å². The van der Waals surface area contributed by atoms with Crippen molar-refractivity contribution < 1.29 is 14.0 Å². The van der Waals surface area contributed by atoms with Gasteiger partial charge in [0, 0.05) is 11.6 Å². The monoisotopic (exact) mass is 293 g/mol. The third-order valence-corrected chi connectivity index (χ3v) is 3.33. The topological polar surface area (TPSA) is 61.4 Å². The Hall–Kier alpha value is -1.95. The lowest BCUT2D eigenvalue weighted by molar-refractivity contribution is -0.129. The molecule has 114 valence electrons. The first-order chi connectivity index (χ1) is 9.99. The van der Waals surface area contributed by atoms with Crippen molar-refractivity contribution in [1.29, 1.82) is 0 Å². The van der Waals surface area contributed by atoms with Crippen LogP contribution >= 0.6 is 0 Å². The lowest BCUT2D eigenvalue weighted by Crippen LogP contribution is -2.43. The molecule has 0 radical (unpaired) electrons. The second-order valence-corrected chi connectivity index (χ2v) is 5.45. The van der Waals surface area contributed by atoms with Crippen LogP contribution in [0.3, 0.4) is 0 Å². The van der Waals surface area contributed by atoms with E-state index in [1.165, 1.54) is 6.07 Å². The summed E-state index contributed by atoms with van der Waals surface area (Å²) in [5.41, 5.74) is 0.294. The van der Waals surface area contributed by atoms with Gasteiger partial charge < -0.3 is 10.6 Å². The predicted octanol–water partition coefficient (Wildman–Crippen LogP) is 0.823. The molecule has 1 aromatic rings. The fourth-order valence-corrected chi connectivity index (χ4v) is 2.12. The average Bonchev–Trinajstić information content (AvgIpc) is 3.22. The van der Waals surface area contributed by atoms with E-state index < -0.39 is 17.8 Å². The average molecular weight is 293 g/mol. The van der Waals surface area contributed by atoms with Crippen LogP contribution in [0.2, 0.25) is 0 Å². The Morgan fingerprint density at radius 2 is 2.00 bits per heavy atom. The van der Waals surface area contributed by atoms with Crippen LogP contribution in [0, 0.1) is 5.82 Å². The highest BCUT2D eigenvalue weighted by Crippen LogP contribution is 2.21. The van der Waals surface area contributed by atoms with Gasteiger partial charge in [-0.25, -0.2) is 4.39 Å². The quantitative estimate of drug-likeness (QED) is 0.816. The van der Waals surface area contributed by atoms with Crippen molar-refractivity contribution in [1.82, 2.24) is 15.5 Å². The molecule has 0 bridgehead atoms. The summed E-state index contributed by atoms with van der Waals surface area (Å²) >= 11 is 0. The molecule has 1 aromatic carbocycles. The summed E-state index contributed by atoms with van der Waals surface area (Å²) in [6.07, 6.45) is 1.99. The number of carbonyl (C=O) groups excluding carboxylic acids is 2. The van der Waals surface area contributed by atoms with E-state index in [4.69, 9.17) is 0 Å². The second kappa shape index (κ2) is 6.67. The number of carbonyl (C=O) groups is 2. The van der Waals surface area contributed by atoms with Crippen LogP contribution in [0.25, 0.3) is 0 Å². The van der Waals surface area contributed by atoms with E-state index in [0.29, 0.717) is 5.56 Å². The van der Waals surface area contributed by atoms with Gasteiger partial charge in [0.05, 0.1) is 6.54 Å². The second-order valence-electron chi connectivity index (χ2n) is 5.45. The van der Waals surface area contributed by atoms with E-state index in [0.717, 1.165) is 12.8 Å². The largest absolute Gasteiger partial charge is 0.352 e. The smallest absolute Gasteiger partial charge is 0.242 e. The Kier molecular flexibility index (Phi) is 4.90. The van der Waals surface area contributed by atoms with Gasteiger partial charge in [-0.1, -0.05) is 18.2 Å². The Bertz CT molecular complexity index is 529. The van der Waals surface area contributed by atoms with Gasteiger partial charge in [-0.2, -0.15) is 0 Å². The van der Waals surface area contributed by atoms with E-state index >= 15 is 0 Å². The molecule has 1 aliphatic rings. The number of nitrogens with one attached hydrogen (secondary N) is 2. The lowest BCUT2D eigenvalue weighted by Gasteiger charge is -2.24. The summed E-state index contributed by atoms with van der Waals surface area (Å²) in [5.74, 6) is -1.04. The maximum Gasteiger partial charge on any atom is 0.242 e. The third-order valence-electron chi connectivity index (χ3n) is 3.33. The first-order valence-electron chi connectivity index (χ1n) is 6.97. The molecule has 6 heteroatoms. The maximum absolute atomic E-state index is 13.9. The molecule has 1 fully saturated rings. The van der Waals surface area contributed by atoms with Crippen molar-refractivity contribution in [2.24, 2.45) is 0 Å². The van der Waals surface area contributed by atoms with Gasteiger partial charge in [-0.15, -0.1) is 0 Å². The van der Waals surface area contributed by atoms with Crippen LogP contribution in [-0.4, -0.2) is 43.4 Å². The van der Waals surface area contributed by atoms with E-state index in [1.54, 1.807) is 37.2 Å². The van der Waals surface area contributed by atoms with Crippen LogP contribution in [0.5, 0.6) is 0 Å². The molecule has 0 aromatic heterocycles. The summed E-state index contributed by atoms with van der Waals surface area (Å²) in [6.45, 7) is -0.0892. The van der Waals surface area contributed by atoms with Crippen LogP contribution < -0.4 is 10.6 Å². The molecule has 1 atom stereocenters. The molecule has 1 saturated carbocycles. The normalized spacial score (nSPS) is 15.6. The first-order valence-corrected chi connectivity index (χ1v) is 6.97. The maximum atomic E-state index is 13.9. The lowest BCUT2D eigenvalue weighted by atomic mass is 10.0. The number of hydrogen-bond donors (Lipinski definition) is 2. The minimum absolute atomic E-state index is 0.0892. The van der Waals surface area contributed by atoms with E-state index in [2.05, 4.69) is 10.6 Å². The van der Waals surface area contributed by atoms with Gasteiger partial charge in [-0.05, 0) is 33.0 Å². The summed E-state index contributed by atoms with van der Waals surface area (Å²) in [4.78, 5) is 25.4. The van der Waals surface area contributed by atoms with Gasteiger partial charge in [0.1, 0.15) is 11.9 Å². The molecule has 0 unspecified atom stereocenters. The zero-order chi connectivity index (χ0) is 15.4. The van der Waals surface area contributed by atoms with Crippen molar-refractivity contribution in [2.45, 2.75) is 24.9 Å². The molecule has 5 nitrogen and oxygen atoms in total. The molecule has 0 aliphatic heterocycles. The van der Waals surface area contributed by atoms with Gasteiger partial charge >= 0.3 is 0 Å². The number of likely N-dealkylation sites (N-methyl/N-ethyl adjacent to an activating group) is 1. The SMILES string of the molecule is CN(C)[C@@H](C(=O)NCC(=O)NC1CC1)c1ccccc1F. The van der Waals surface area contributed by atoms with Crippen LogP contribution in [0.1, 0.15) is 24.4 Å². The van der Waals surface area contributed by atoms with Gasteiger partial charge in [0.25, 0.3) is 0 Å². The number of amides is 2. The van der Waals surface area contributed by atoms with Crippen molar-refractivity contribution in [3.05, 3.63) is 35.6 Å². The third kappa shape index (κ3) is 4.26. The van der Waals surface area contributed by atoms with Crippen LogP contribution in [-0.2, 0) is 9.59 Å². The summed E-state index contributed by atoms with van der Waals surface area (Å²) in [5, 5.41) is 5.35. The molecule has 0 heterocycles. The number of nitrogens with zero attached hydrogens (tertiary/aromatic N) is 1. The van der Waals surface area contributed by atoms with Gasteiger partial charge in [0.2, 0.25) is 11.8 Å². The van der Waals surface area contributed by atoms with Crippen LogP contribution in [0.15, 0.2) is 24.3 Å². The van der Waals surface area contributed by atoms with E-state index in [9.17, 15) is 14.0 Å².